The van der Waals surface area contributed by atoms with Crippen LogP contribution >= 0.6 is 11.6 Å². The van der Waals surface area contributed by atoms with Crippen molar-refractivity contribution >= 4 is 29.1 Å². The lowest BCUT2D eigenvalue weighted by Gasteiger charge is -2.10. The molecule has 0 spiro atoms. The van der Waals surface area contributed by atoms with Gasteiger partial charge in [-0.1, -0.05) is 23.7 Å². The molecule has 0 atom stereocenters. The van der Waals surface area contributed by atoms with Gasteiger partial charge < -0.3 is 15.4 Å². The molecule has 0 amide bonds. The fraction of sp³-hybridized carbons (Fsp3) is 0.286. The number of benzene rings is 1. The van der Waals surface area contributed by atoms with E-state index in [1.54, 1.807) is 13.3 Å². The number of halogens is 1. The predicted octanol–water partition coefficient (Wildman–Crippen LogP) is 3.45. The highest BCUT2D eigenvalue weighted by molar-refractivity contribution is 6.32. The molecule has 0 saturated heterocycles. The summed E-state index contributed by atoms with van der Waals surface area (Å²) in [5.74, 6) is 1.12. The molecular formula is C14H17ClN4O. The second kappa shape index (κ2) is 7.07. The first-order valence-corrected chi connectivity index (χ1v) is 6.72. The van der Waals surface area contributed by atoms with Crippen LogP contribution in [0.3, 0.4) is 0 Å². The van der Waals surface area contributed by atoms with E-state index in [9.17, 15) is 0 Å². The highest BCUT2D eigenvalue weighted by Gasteiger charge is 2.06. The maximum absolute atomic E-state index is 6.11. The third-order valence-electron chi connectivity index (χ3n) is 2.58. The lowest BCUT2D eigenvalue weighted by molar-refractivity contribution is 0.185. The summed E-state index contributed by atoms with van der Waals surface area (Å²) in [4.78, 5) is 8.44. The number of nitrogens with one attached hydrogen (secondary N) is 2. The molecule has 1 aromatic heterocycles. The lowest BCUT2D eigenvalue weighted by Crippen LogP contribution is -2.04. The number of hydrogen-bond acceptors (Lipinski definition) is 5. The van der Waals surface area contributed by atoms with Gasteiger partial charge in [0.2, 0.25) is 5.95 Å². The van der Waals surface area contributed by atoms with Gasteiger partial charge >= 0.3 is 0 Å². The van der Waals surface area contributed by atoms with Gasteiger partial charge in [-0.25, -0.2) is 4.98 Å². The topological polar surface area (TPSA) is 59.1 Å². The smallest absolute Gasteiger partial charge is 0.224 e. The van der Waals surface area contributed by atoms with E-state index in [-0.39, 0.29) is 0 Å². The van der Waals surface area contributed by atoms with Crippen LogP contribution in [-0.2, 0) is 11.3 Å². The van der Waals surface area contributed by atoms with E-state index in [2.05, 4.69) is 20.6 Å². The third kappa shape index (κ3) is 3.82. The highest BCUT2D eigenvalue weighted by Crippen LogP contribution is 2.24. The molecule has 20 heavy (non-hydrogen) atoms. The first-order valence-electron chi connectivity index (χ1n) is 6.34. The zero-order chi connectivity index (χ0) is 14.4. The lowest BCUT2D eigenvalue weighted by atomic mass is 10.2. The van der Waals surface area contributed by atoms with E-state index >= 15 is 0 Å². The zero-order valence-electron chi connectivity index (χ0n) is 11.5. The monoisotopic (exact) mass is 292 g/mol. The molecule has 6 heteroatoms. The molecule has 0 unspecified atom stereocenters. The summed E-state index contributed by atoms with van der Waals surface area (Å²) >= 11 is 6.11. The van der Waals surface area contributed by atoms with Crippen LogP contribution in [0.4, 0.5) is 17.5 Å². The Balaban J connectivity index is 2.20. The van der Waals surface area contributed by atoms with Crippen LogP contribution in [0.5, 0.6) is 0 Å². The van der Waals surface area contributed by atoms with Crippen molar-refractivity contribution in [2.75, 3.05) is 24.3 Å². The summed E-state index contributed by atoms with van der Waals surface area (Å²) in [5, 5.41) is 6.72. The Bertz CT molecular complexity index is 577. The van der Waals surface area contributed by atoms with Crippen molar-refractivity contribution in [1.82, 2.24) is 9.97 Å². The standard InChI is InChI=1S/C14H17ClN4O/c1-3-16-14-17-8-12(15)13(19-14)18-11-6-4-5-10(7-11)9-20-2/h4-8H,3,9H2,1-2H3,(H2,16,17,18,19). The second-order valence-corrected chi connectivity index (χ2v) is 4.59. The predicted molar refractivity (Wildman–Crippen MR) is 81.6 cm³/mol. The van der Waals surface area contributed by atoms with Crippen molar-refractivity contribution < 1.29 is 4.74 Å². The molecular weight excluding hydrogens is 276 g/mol. The highest BCUT2D eigenvalue weighted by atomic mass is 35.5. The summed E-state index contributed by atoms with van der Waals surface area (Å²) in [6.07, 6.45) is 1.58. The summed E-state index contributed by atoms with van der Waals surface area (Å²) in [7, 11) is 1.67. The molecule has 0 fully saturated rings. The van der Waals surface area contributed by atoms with Gasteiger partial charge in [0.1, 0.15) is 5.02 Å². The number of aromatic nitrogens is 2. The van der Waals surface area contributed by atoms with Crippen molar-refractivity contribution in [3.05, 3.63) is 41.0 Å². The Morgan fingerprint density at radius 2 is 2.20 bits per heavy atom. The molecule has 0 aliphatic rings. The van der Waals surface area contributed by atoms with Gasteiger partial charge in [-0.05, 0) is 24.6 Å². The molecule has 1 heterocycles. The number of ether oxygens (including phenoxy) is 1. The number of nitrogens with zero attached hydrogens (tertiary/aromatic N) is 2. The maximum atomic E-state index is 6.11. The minimum Gasteiger partial charge on any atom is -0.380 e. The first kappa shape index (κ1) is 14.6. The summed E-state index contributed by atoms with van der Waals surface area (Å²) in [5.41, 5.74) is 1.98. The van der Waals surface area contributed by atoms with Gasteiger partial charge in [0, 0.05) is 19.3 Å². The van der Waals surface area contributed by atoms with E-state index in [1.165, 1.54) is 0 Å². The van der Waals surface area contributed by atoms with Crippen molar-refractivity contribution in [2.45, 2.75) is 13.5 Å². The SMILES string of the molecule is CCNc1ncc(Cl)c(Nc2cccc(COC)c2)n1. The third-order valence-corrected chi connectivity index (χ3v) is 2.86. The molecule has 5 nitrogen and oxygen atoms in total. The molecule has 0 bridgehead atoms. The Kier molecular flexibility index (Phi) is 5.15. The molecule has 0 aliphatic heterocycles. The van der Waals surface area contributed by atoms with Gasteiger partial charge in [0.05, 0.1) is 12.8 Å². The van der Waals surface area contributed by atoms with Crippen molar-refractivity contribution in [1.29, 1.82) is 0 Å². The van der Waals surface area contributed by atoms with Crippen LogP contribution in [0.15, 0.2) is 30.5 Å². The average Bonchev–Trinajstić information content (AvgIpc) is 2.44. The molecule has 2 aromatic rings. The van der Waals surface area contributed by atoms with E-state index in [1.807, 2.05) is 31.2 Å². The fourth-order valence-electron chi connectivity index (χ4n) is 1.74. The van der Waals surface area contributed by atoms with Gasteiger partial charge in [0.15, 0.2) is 5.82 Å². The molecule has 1 aromatic carbocycles. The summed E-state index contributed by atoms with van der Waals surface area (Å²) in [6.45, 7) is 3.30. The van der Waals surface area contributed by atoms with Gasteiger partial charge in [-0.2, -0.15) is 4.98 Å². The van der Waals surface area contributed by atoms with E-state index in [0.29, 0.717) is 23.4 Å². The van der Waals surface area contributed by atoms with Gasteiger partial charge in [0.25, 0.3) is 0 Å². The maximum Gasteiger partial charge on any atom is 0.224 e. The number of methoxy groups -OCH3 is 1. The second-order valence-electron chi connectivity index (χ2n) is 4.18. The van der Waals surface area contributed by atoms with E-state index < -0.39 is 0 Å². The Hall–Kier alpha value is -1.85. The quantitative estimate of drug-likeness (QED) is 0.854. The van der Waals surface area contributed by atoms with Gasteiger partial charge in [-0.15, -0.1) is 0 Å². The molecule has 2 N–H and O–H groups in total. The van der Waals surface area contributed by atoms with Crippen LogP contribution < -0.4 is 10.6 Å². The summed E-state index contributed by atoms with van der Waals surface area (Å²) in [6, 6.07) is 7.90. The Morgan fingerprint density at radius 1 is 1.35 bits per heavy atom. The number of rotatable bonds is 6. The largest absolute Gasteiger partial charge is 0.380 e. The van der Waals surface area contributed by atoms with Crippen molar-refractivity contribution in [2.24, 2.45) is 0 Å². The first-order chi connectivity index (χ1) is 9.72. The van der Waals surface area contributed by atoms with Crippen LogP contribution in [0.25, 0.3) is 0 Å². The minimum absolute atomic E-state index is 0.476. The van der Waals surface area contributed by atoms with Crippen LogP contribution in [0.1, 0.15) is 12.5 Å². The Morgan fingerprint density at radius 3 is 2.95 bits per heavy atom. The van der Waals surface area contributed by atoms with Gasteiger partial charge in [-0.3, -0.25) is 0 Å². The van der Waals surface area contributed by atoms with Crippen LogP contribution in [-0.4, -0.2) is 23.6 Å². The molecule has 2 rings (SSSR count). The molecule has 0 radical (unpaired) electrons. The fourth-order valence-corrected chi connectivity index (χ4v) is 1.88. The molecule has 106 valence electrons. The van der Waals surface area contributed by atoms with E-state index in [0.717, 1.165) is 17.8 Å². The number of anilines is 3. The molecule has 0 aliphatic carbocycles. The van der Waals surface area contributed by atoms with E-state index in [4.69, 9.17) is 16.3 Å². The average molecular weight is 293 g/mol. The zero-order valence-corrected chi connectivity index (χ0v) is 12.2. The van der Waals surface area contributed by atoms with Crippen LogP contribution in [0, 0.1) is 0 Å². The Labute approximate surface area is 123 Å². The number of hydrogen-bond donors (Lipinski definition) is 2. The van der Waals surface area contributed by atoms with Crippen molar-refractivity contribution in [3.8, 4) is 0 Å². The summed E-state index contributed by atoms with van der Waals surface area (Å²) < 4.78 is 5.12. The van der Waals surface area contributed by atoms with Crippen LogP contribution in [0.2, 0.25) is 5.02 Å². The normalized spacial score (nSPS) is 10.3. The minimum atomic E-state index is 0.476. The van der Waals surface area contributed by atoms with Crippen molar-refractivity contribution in [3.63, 3.8) is 0 Å². The molecule has 0 saturated carbocycles.